The van der Waals surface area contributed by atoms with Gasteiger partial charge in [-0.2, -0.15) is 0 Å². The summed E-state index contributed by atoms with van der Waals surface area (Å²) in [5.74, 6) is 0.934. The van der Waals surface area contributed by atoms with Crippen LogP contribution in [0.4, 0.5) is 0 Å². The summed E-state index contributed by atoms with van der Waals surface area (Å²) in [5.41, 5.74) is 1.72. The van der Waals surface area contributed by atoms with E-state index < -0.39 is 0 Å². The summed E-state index contributed by atoms with van der Waals surface area (Å²) in [6.45, 7) is 7.05. The zero-order valence-electron chi connectivity index (χ0n) is 13.3. The van der Waals surface area contributed by atoms with Crippen molar-refractivity contribution in [2.45, 2.75) is 44.7 Å². The Morgan fingerprint density at radius 3 is 2.35 bits per heavy atom. The lowest BCUT2D eigenvalue weighted by Gasteiger charge is -2.41. The van der Waals surface area contributed by atoms with Crippen molar-refractivity contribution < 1.29 is 4.74 Å². The molecular formula is C17H28N2O. The average Bonchev–Trinajstić information content (AvgIpc) is 2.48. The number of ether oxygens (including phenoxy) is 1. The van der Waals surface area contributed by atoms with Crippen molar-refractivity contribution in [3.05, 3.63) is 29.8 Å². The summed E-state index contributed by atoms with van der Waals surface area (Å²) < 4.78 is 5.21. The third kappa shape index (κ3) is 3.74. The molecule has 1 fully saturated rings. The van der Waals surface area contributed by atoms with Gasteiger partial charge < -0.3 is 15.0 Å². The molecule has 1 aliphatic heterocycles. The van der Waals surface area contributed by atoms with Gasteiger partial charge in [0.2, 0.25) is 0 Å². The molecule has 3 nitrogen and oxygen atoms in total. The minimum atomic E-state index is 0.330. The van der Waals surface area contributed by atoms with E-state index in [0.29, 0.717) is 11.6 Å². The van der Waals surface area contributed by atoms with Gasteiger partial charge in [-0.15, -0.1) is 0 Å². The monoisotopic (exact) mass is 276 g/mol. The number of nitrogens with one attached hydrogen (secondary N) is 1. The molecule has 2 rings (SSSR count). The SMILES string of the molecule is CNC1(C)CCN(C(C)Cc2ccc(OC)cc2)CC1. The van der Waals surface area contributed by atoms with Crippen molar-refractivity contribution in [2.24, 2.45) is 0 Å². The standard InChI is InChI=1S/C17H28N2O/c1-14(13-15-5-7-16(20-4)8-6-15)19-11-9-17(2,18-3)10-12-19/h5-8,14,18H,9-13H2,1-4H3. The van der Waals surface area contributed by atoms with Crippen LogP contribution in [-0.2, 0) is 6.42 Å². The van der Waals surface area contributed by atoms with Crippen molar-refractivity contribution >= 4 is 0 Å². The molecule has 1 aromatic rings. The predicted molar refractivity (Wildman–Crippen MR) is 84.4 cm³/mol. The molecule has 0 amide bonds. The zero-order valence-corrected chi connectivity index (χ0v) is 13.3. The highest BCUT2D eigenvalue weighted by Gasteiger charge is 2.29. The molecule has 1 aromatic carbocycles. The highest BCUT2D eigenvalue weighted by molar-refractivity contribution is 5.27. The fourth-order valence-corrected chi connectivity index (χ4v) is 2.94. The van der Waals surface area contributed by atoms with E-state index in [1.165, 1.54) is 31.5 Å². The van der Waals surface area contributed by atoms with Gasteiger partial charge in [0.25, 0.3) is 0 Å². The van der Waals surface area contributed by atoms with Gasteiger partial charge in [-0.25, -0.2) is 0 Å². The predicted octanol–water partition coefficient (Wildman–Crippen LogP) is 2.70. The summed E-state index contributed by atoms with van der Waals surface area (Å²) in [5, 5.41) is 3.46. The van der Waals surface area contributed by atoms with E-state index in [4.69, 9.17) is 4.74 Å². The maximum atomic E-state index is 5.21. The van der Waals surface area contributed by atoms with Gasteiger partial charge in [0.1, 0.15) is 5.75 Å². The first-order valence-corrected chi connectivity index (χ1v) is 7.62. The Balaban J connectivity index is 1.87. The van der Waals surface area contributed by atoms with Crippen molar-refractivity contribution in [2.75, 3.05) is 27.2 Å². The minimum Gasteiger partial charge on any atom is -0.497 e. The lowest BCUT2D eigenvalue weighted by atomic mass is 9.89. The van der Waals surface area contributed by atoms with Crippen molar-refractivity contribution in [1.29, 1.82) is 0 Å². The number of methoxy groups -OCH3 is 1. The Morgan fingerprint density at radius 2 is 1.85 bits per heavy atom. The third-order valence-electron chi connectivity index (χ3n) is 4.82. The third-order valence-corrected chi connectivity index (χ3v) is 4.82. The molecule has 0 aliphatic carbocycles. The average molecular weight is 276 g/mol. The number of hydrogen-bond acceptors (Lipinski definition) is 3. The Hall–Kier alpha value is -1.06. The molecule has 112 valence electrons. The summed E-state index contributed by atoms with van der Waals surface area (Å²) in [7, 11) is 3.79. The van der Waals surface area contributed by atoms with Gasteiger partial charge in [-0.3, -0.25) is 0 Å². The summed E-state index contributed by atoms with van der Waals surface area (Å²) in [6, 6.07) is 9.06. The lowest BCUT2D eigenvalue weighted by molar-refractivity contribution is 0.117. The number of benzene rings is 1. The quantitative estimate of drug-likeness (QED) is 0.895. The first-order chi connectivity index (χ1) is 9.56. The fraction of sp³-hybridized carbons (Fsp3) is 0.647. The van der Waals surface area contributed by atoms with Crippen molar-refractivity contribution in [1.82, 2.24) is 10.2 Å². The van der Waals surface area contributed by atoms with E-state index in [0.717, 1.165) is 12.2 Å². The molecule has 0 radical (unpaired) electrons. The fourth-order valence-electron chi connectivity index (χ4n) is 2.94. The van der Waals surface area contributed by atoms with Gasteiger partial charge in [-0.05, 0) is 57.9 Å². The first-order valence-electron chi connectivity index (χ1n) is 7.62. The molecule has 1 saturated heterocycles. The first kappa shape index (κ1) is 15.3. The molecular weight excluding hydrogens is 248 g/mol. The Labute approximate surface area is 123 Å². The van der Waals surface area contributed by atoms with Crippen LogP contribution in [0.5, 0.6) is 5.75 Å². The van der Waals surface area contributed by atoms with Crippen LogP contribution in [0.25, 0.3) is 0 Å². The van der Waals surface area contributed by atoms with Crippen LogP contribution >= 0.6 is 0 Å². The molecule has 1 aliphatic rings. The van der Waals surface area contributed by atoms with Gasteiger partial charge in [0.15, 0.2) is 0 Å². The molecule has 1 unspecified atom stereocenters. The van der Waals surface area contributed by atoms with E-state index in [-0.39, 0.29) is 0 Å². The van der Waals surface area contributed by atoms with Crippen molar-refractivity contribution in [3.63, 3.8) is 0 Å². The molecule has 3 heteroatoms. The normalized spacial score (nSPS) is 20.6. The minimum absolute atomic E-state index is 0.330. The largest absolute Gasteiger partial charge is 0.497 e. The molecule has 1 atom stereocenters. The number of likely N-dealkylation sites (tertiary alicyclic amines) is 1. The van der Waals surface area contributed by atoms with Gasteiger partial charge in [0.05, 0.1) is 7.11 Å². The number of rotatable bonds is 5. The maximum Gasteiger partial charge on any atom is 0.118 e. The van der Waals surface area contributed by atoms with Gasteiger partial charge in [0, 0.05) is 24.7 Å². The topological polar surface area (TPSA) is 24.5 Å². The van der Waals surface area contributed by atoms with Crippen LogP contribution in [0.3, 0.4) is 0 Å². The maximum absolute atomic E-state index is 5.21. The van der Waals surface area contributed by atoms with Crippen LogP contribution in [0.2, 0.25) is 0 Å². The summed E-state index contributed by atoms with van der Waals surface area (Å²) in [6.07, 6.45) is 3.58. The Kier molecular flexibility index (Phi) is 5.06. The van der Waals surface area contributed by atoms with Crippen molar-refractivity contribution in [3.8, 4) is 5.75 Å². The zero-order chi connectivity index (χ0) is 14.6. The van der Waals surface area contributed by atoms with Crippen LogP contribution in [0.1, 0.15) is 32.3 Å². The van der Waals surface area contributed by atoms with Gasteiger partial charge >= 0.3 is 0 Å². The van der Waals surface area contributed by atoms with E-state index in [2.05, 4.69) is 55.4 Å². The van der Waals surface area contributed by atoms with E-state index in [1.807, 2.05) is 0 Å². The number of hydrogen-bond donors (Lipinski definition) is 1. The van der Waals surface area contributed by atoms with E-state index in [9.17, 15) is 0 Å². The van der Waals surface area contributed by atoms with Crippen LogP contribution in [0, 0.1) is 0 Å². The molecule has 0 bridgehead atoms. The second kappa shape index (κ2) is 6.59. The van der Waals surface area contributed by atoms with Crippen LogP contribution in [-0.4, -0.2) is 43.7 Å². The Bertz CT molecular complexity index is 408. The van der Waals surface area contributed by atoms with E-state index in [1.54, 1.807) is 7.11 Å². The molecule has 1 N–H and O–H groups in total. The second-order valence-corrected chi connectivity index (χ2v) is 6.25. The molecule has 0 aromatic heterocycles. The molecule has 20 heavy (non-hydrogen) atoms. The lowest BCUT2D eigenvalue weighted by Crippen LogP contribution is -2.52. The highest BCUT2D eigenvalue weighted by atomic mass is 16.5. The molecule has 1 heterocycles. The van der Waals surface area contributed by atoms with Crippen LogP contribution in [0.15, 0.2) is 24.3 Å². The summed E-state index contributed by atoms with van der Waals surface area (Å²) >= 11 is 0. The van der Waals surface area contributed by atoms with E-state index >= 15 is 0 Å². The molecule has 0 spiro atoms. The number of nitrogens with zero attached hydrogens (tertiary/aromatic N) is 1. The van der Waals surface area contributed by atoms with Crippen LogP contribution < -0.4 is 10.1 Å². The smallest absolute Gasteiger partial charge is 0.118 e. The molecule has 0 saturated carbocycles. The summed E-state index contributed by atoms with van der Waals surface area (Å²) in [4.78, 5) is 2.61. The highest BCUT2D eigenvalue weighted by Crippen LogP contribution is 2.23. The van der Waals surface area contributed by atoms with Gasteiger partial charge in [-0.1, -0.05) is 12.1 Å². The second-order valence-electron chi connectivity index (χ2n) is 6.25. The number of piperidine rings is 1. The Morgan fingerprint density at radius 1 is 1.25 bits per heavy atom.